The quantitative estimate of drug-likeness (QED) is 0.433. The Morgan fingerprint density at radius 2 is 1.97 bits per heavy atom. The average molecular weight is 466 g/mol. The van der Waals surface area contributed by atoms with E-state index in [0.717, 1.165) is 6.26 Å². The molecule has 0 aliphatic carbocycles. The largest absolute Gasteiger partial charge is 0.353 e. The predicted molar refractivity (Wildman–Crippen MR) is 112 cm³/mol. The Bertz CT molecular complexity index is 888. The van der Waals surface area contributed by atoms with E-state index in [4.69, 9.17) is 4.18 Å². The van der Waals surface area contributed by atoms with Crippen molar-refractivity contribution in [2.45, 2.75) is 69.9 Å². The van der Waals surface area contributed by atoms with E-state index >= 15 is 8.78 Å². The van der Waals surface area contributed by atoms with E-state index in [1.807, 2.05) is 0 Å². The zero-order valence-corrected chi connectivity index (χ0v) is 19.8. The lowest BCUT2D eigenvalue weighted by molar-refractivity contribution is -0.142. The number of amides is 1. The second-order valence-corrected chi connectivity index (χ2v) is 15.8. The molecule has 3 atom stereocenters. The summed E-state index contributed by atoms with van der Waals surface area (Å²) in [6, 6.07) is 4.85. The summed E-state index contributed by atoms with van der Waals surface area (Å²) in [6.45, 7) is 6.24. The summed E-state index contributed by atoms with van der Waals surface area (Å²) in [5.41, 5.74) is -4.54. The summed E-state index contributed by atoms with van der Waals surface area (Å²) in [5, 5.41) is 2.68. The van der Waals surface area contributed by atoms with Gasteiger partial charge in [0.2, 0.25) is 11.5 Å². The van der Waals surface area contributed by atoms with Crippen molar-refractivity contribution in [1.29, 1.82) is 0 Å². The summed E-state index contributed by atoms with van der Waals surface area (Å²) < 4.78 is 72.6. The molecule has 1 fully saturated rings. The Kier molecular flexibility index (Phi) is 7.15. The Morgan fingerprint density at radius 3 is 2.47 bits per heavy atom. The number of carbonyl (C=O) groups is 1. The smallest absolute Gasteiger partial charge is 0.264 e. The molecule has 1 saturated heterocycles. The van der Waals surface area contributed by atoms with Gasteiger partial charge in [0.05, 0.1) is 6.26 Å². The van der Waals surface area contributed by atoms with Gasteiger partial charge in [-0.15, -0.1) is 0 Å². The molecule has 0 radical (unpaired) electrons. The second-order valence-electron chi connectivity index (χ2n) is 9.06. The van der Waals surface area contributed by atoms with Gasteiger partial charge in [-0.3, -0.25) is 8.98 Å². The Morgan fingerprint density at radius 1 is 1.33 bits per heavy atom. The van der Waals surface area contributed by atoms with Crippen LogP contribution in [-0.2, 0) is 19.1 Å². The van der Waals surface area contributed by atoms with Crippen molar-refractivity contribution in [3.8, 4) is 0 Å². The number of nitrogens with one attached hydrogen (secondary N) is 1. The van der Waals surface area contributed by atoms with Gasteiger partial charge in [-0.1, -0.05) is 38.7 Å². The summed E-state index contributed by atoms with van der Waals surface area (Å²) in [5.74, 6) is -1.20. The predicted octanol–water partition coefficient (Wildman–Crippen LogP) is 4.42. The molecule has 1 aromatic carbocycles. The van der Waals surface area contributed by atoms with Gasteiger partial charge in [-0.25, -0.2) is 13.2 Å². The van der Waals surface area contributed by atoms with Crippen LogP contribution in [0.1, 0.15) is 44.3 Å². The fourth-order valence-corrected chi connectivity index (χ4v) is 6.58. The number of halogens is 3. The number of benzene rings is 1. The molecule has 1 aromatic rings. The molecule has 1 N–H and O–H groups in total. The maximum absolute atomic E-state index is 15.3. The Hall–Kier alpha value is -1.39. The SMILES string of the molecule is CCC1(C(F)(F)[Si](C)(C)C)C[C@H](CCC(OS(C)(=O)=O)c2cccc(F)c2)NC1=O. The Labute approximate surface area is 177 Å². The van der Waals surface area contributed by atoms with Gasteiger partial charge < -0.3 is 5.32 Å². The van der Waals surface area contributed by atoms with Gasteiger partial charge in [-0.05, 0) is 43.4 Å². The van der Waals surface area contributed by atoms with Crippen molar-refractivity contribution in [1.82, 2.24) is 5.32 Å². The van der Waals surface area contributed by atoms with Crippen molar-refractivity contribution in [2.24, 2.45) is 5.41 Å². The highest BCUT2D eigenvalue weighted by atomic mass is 32.2. The maximum Gasteiger partial charge on any atom is 0.264 e. The van der Waals surface area contributed by atoms with E-state index < -0.39 is 53.0 Å². The molecule has 170 valence electrons. The number of rotatable bonds is 9. The summed E-state index contributed by atoms with van der Waals surface area (Å²) in [4.78, 5) is 12.7. The lowest BCUT2D eigenvalue weighted by atomic mass is 9.81. The van der Waals surface area contributed by atoms with Crippen molar-refractivity contribution in [3.05, 3.63) is 35.6 Å². The van der Waals surface area contributed by atoms with Crippen LogP contribution >= 0.6 is 0 Å². The summed E-state index contributed by atoms with van der Waals surface area (Å²) >= 11 is 0. The first-order valence-corrected chi connectivity index (χ1v) is 15.3. The summed E-state index contributed by atoms with van der Waals surface area (Å²) in [7, 11) is -6.83. The molecule has 2 unspecified atom stereocenters. The van der Waals surface area contributed by atoms with Crippen LogP contribution in [0.4, 0.5) is 13.2 Å². The molecule has 5 nitrogen and oxygen atoms in total. The van der Waals surface area contributed by atoms with E-state index in [1.165, 1.54) is 18.2 Å². The molecule has 30 heavy (non-hydrogen) atoms. The van der Waals surface area contributed by atoms with Crippen molar-refractivity contribution in [3.63, 3.8) is 0 Å². The molecule has 2 rings (SSSR count). The van der Waals surface area contributed by atoms with Crippen LogP contribution in [0.5, 0.6) is 0 Å². The fraction of sp³-hybridized carbons (Fsp3) is 0.650. The number of hydrogen-bond donors (Lipinski definition) is 1. The van der Waals surface area contributed by atoms with Crippen LogP contribution in [0.15, 0.2) is 24.3 Å². The number of hydrogen-bond acceptors (Lipinski definition) is 4. The minimum absolute atomic E-state index is 0.0137. The molecule has 0 spiro atoms. The highest BCUT2D eigenvalue weighted by Gasteiger charge is 2.66. The lowest BCUT2D eigenvalue weighted by Gasteiger charge is -2.41. The zero-order valence-electron chi connectivity index (χ0n) is 18.0. The van der Waals surface area contributed by atoms with E-state index in [1.54, 1.807) is 32.6 Å². The van der Waals surface area contributed by atoms with Crippen LogP contribution in [0, 0.1) is 11.2 Å². The molecule has 10 heteroatoms. The van der Waals surface area contributed by atoms with Gasteiger partial charge in [0.1, 0.15) is 25.4 Å². The van der Waals surface area contributed by atoms with Crippen molar-refractivity contribution in [2.75, 3.05) is 6.26 Å². The molecule has 1 amide bonds. The van der Waals surface area contributed by atoms with Crippen molar-refractivity contribution >= 4 is 24.1 Å². The topological polar surface area (TPSA) is 72.5 Å². The highest BCUT2D eigenvalue weighted by molar-refractivity contribution is 7.86. The van der Waals surface area contributed by atoms with Gasteiger partial charge in [0, 0.05) is 6.04 Å². The maximum atomic E-state index is 15.3. The minimum Gasteiger partial charge on any atom is -0.353 e. The molecular weight excluding hydrogens is 435 g/mol. The van der Waals surface area contributed by atoms with Crippen LogP contribution in [0.2, 0.25) is 19.6 Å². The first-order chi connectivity index (χ1) is 13.6. The molecule has 0 saturated carbocycles. The first-order valence-electron chi connectivity index (χ1n) is 9.95. The van der Waals surface area contributed by atoms with Crippen LogP contribution < -0.4 is 5.32 Å². The monoisotopic (exact) mass is 465 g/mol. The standard InChI is InChI=1S/C20H30F3NO4SSi/c1-6-19(20(22,23)30(3,4)5)13-16(24-18(19)25)10-11-17(28-29(2,26)27)14-8-7-9-15(21)12-14/h7-9,12,16-17H,6,10-11,13H2,1-5H3,(H,24,25)/t16-,17?,19?/m0/s1. The third kappa shape index (κ3) is 5.08. The van der Waals surface area contributed by atoms with E-state index in [-0.39, 0.29) is 25.7 Å². The normalized spacial score (nSPS) is 24.0. The van der Waals surface area contributed by atoms with E-state index in [2.05, 4.69) is 5.32 Å². The van der Waals surface area contributed by atoms with Crippen molar-refractivity contribution < 1.29 is 30.6 Å². The molecule has 1 aliphatic heterocycles. The van der Waals surface area contributed by atoms with Gasteiger partial charge in [0.15, 0.2) is 0 Å². The number of carbonyl (C=O) groups excluding carboxylic acids is 1. The van der Waals surface area contributed by atoms with E-state index in [9.17, 15) is 17.6 Å². The molecule has 0 bridgehead atoms. The van der Waals surface area contributed by atoms with Crippen LogP contribution in [0.25, 0.3) is 0 Å². The van der Waals surface area contributed by atoms with Gasteiger partial charge in [-0.2, -0.15) is 8.42 Å². The molecular formula is C20H30F3NO4SSi. The van der Waals surface area contributed by atoms with E-state index in [0.29, 0.717) is 5.56 Å². The molecule has 0 aromatic heterocycles. The summed E-state index contributed by atoms with van der Waals surface area (Å²) in [6.07, 6.45) is 0.259. The molecule has 1 heterocycles. The first kappa shape index (κ1) is 24.9. The third-order valence-corrected chi connectivity index (χ3v) is 8.74. The van der Waals surface area contributed by atoms with Crippen LogP contribution in [0.3, 0.4) is 0 Å². The Balaban J connectivity index is 2.22. The second kappa shape index (κ2) is 8.62. The lowest BCUT2D eigenvalue weighted by Crippen LogP contribution is -2.59. The minimum atomic E-state index is -3.84. The van der Waals surface area contributed by atoms with Gasteiger partial charge in [0.25, 0.3) is 10.1 Å². The van der Waals surface area contributed by atoms with Gasteiger partial charge >= 0.3 is 0 Å². The fourth-order valence-electron chi connectivity index (χ4n) is 4.12. The highest BCUT2D eigenvalue weighted by Crippen LogP contribution is 2.52. The van der Waals surface area contributed by atoms with Crippen LogP contribution in [-0.4, -0.2) is 40.2 Å². The zero-order chi connectivity index (χ0) is 23.0. The average Bonchev–Trinajstić information content (AvgIpc) is 2.94. The number of alkyl halides is 2. The third-order valence-electron chi connectivity index (χ3n) is 5.80. The molecule has 1 aliphatic rings.